The zero-order chi connectivity index (χ0) is 14.4. The van der Waals surface area contributed by atoms with Gasteiger partial charge < -0.3 is 5.32 Å². The molecule has 0 aliphatic heterocycles. The smallest absolute Gasteiger partial charge is 0.225 e. The van der Waals surface area contributed by atoms with E-state index in [1.807, 2.05) is 13.0 Å². The van der Waals surface area contributed by atoms with Crippen molar-refractivity contribution in [2.45, 2.75) is 18.5 Å². The van der Waals surface area contributed by atoms with Crippen LogP contribution in [0.4, 0.5) is 5.69 Å². The van der Waals surface area contributed by atoms with Gasteiger partial charge in [0.05, 0.1) is 0 Å². The summed E-state index contributed by atoms with van der Waals surface area (Å²) in [4.78, 5) is 20.0. The highest BCUT2D eigenvalue weighted by Gasteiger charge is 2.06. The SMILES string of the molecule is Cc1ccc(Cl)cc1NC(=O)CCSc1ncccn1. The Balaban J connectivity index is 1.82. The van der Waals surface area contributed by atoms with Gasteiger partial charge >= 0.3 is 0 Å². The second-order valence-corrected chi connectivity index (χ2v) is 5.64. The predicted octanol–water partition coefficient (Wildman–Crippen LogP) is 3.56. The molecule has 2 rings (SSSR count). The molecular weight excluding hydrogens is 294 g/mol. The summed E-state index contributed by atoms with van der Waals surface area (Å²) in [6.07, 6.45) is 3.77. The van der Waals surface area contributed by atoms with Crippen molar-refractivity contribution < 1.29 is 4.79 Å². The number of halogens is 1. The number of nitrogens with zero attached hydrogens (tertiary/aromatic N) is 2. The highest BCUT2D eigenvalue weighted by atomic mass is 35.5. The fourth-order valence-electron chi connectivity index (χ4n) is 1.54. The molecule has 0 saturated heterocycles. The van der Waals surface area contributed by atoms with Gasteiger partial charge in [0, 0.05) is 35.3 Å². The number of thioether (sulfide) groups is 1. The molecule has 0 bridgehead atoms. The Bertz CT molecular complexity index is 592. The molecule has 1 aromatic heterocycles. The summed E-state index contributed by atoms with van der Waals surface area (Å²) in [5.41, 5.74) is 1.74. The number of nitrogens with one attached hydrogen (secondary N) is 1. The normalized spacial score (nSPS) is 10.3. The van der Waals surface area contributed by atoms with Crippen molar-refractivity contribution in [1.82, 2.24) is 9.97 Å². The van der Waals surface area contributed by atoms with Gasteiger partial charge in [-0.25, -0.2) is 9.97 Å². The van der Waals surface area contributed by atoms with E-state index in [2.05, 4.69) is 15.3 Å². The van der Waals surface area contributed by atoms with E-state index >= 15 is 0 Å². The van der Waals surface area contributed by atoms with Crippen LogP contribution >= 0.6 is 23.4 Å². The number of aryl methyl sites for hydroxylation is 1. The highest BCUT2D eigenvalue weighted by Crippen LogP contribution is 2.20. The van der Waals surface area contributed by atoms with Crippen molar-refractivity contribution in [2.24, 2.45) is 0 Å². The number of benzene rings is 1. The first-order chi connectivity index (χ1) is 9.65. The minimum atomic E-state index is -0.0428. The van der Waals surface area contributed by atoms with E-state index in [4.69, 9.17) is 11.6 Å². The van der Waals surface area contributed by atoms with Gasteiger partial charge in [0.15, 0.2) is 5.16 Å². The minimum absolute atomic E-state index is 0.0428. The summed E-state index contributed by atoms with van der Waals surface area (Å²) in [6, 6.07) is 7.20. The maximum atomic E-state index is 11.9. The van der Waals surface area contributed by atoms with E-state index in [9.17, 15) is 4.79 Å². The lowest BCUT2D eigenvalue weighted by molar-refractivity contribution is -0.115. The lowest BCUT2D eigenvalue weighted by Gasteiger charge is -2.08. The number of anilines is 1. The summed E-state index contributed by atoms with van der Waals surface area (Å²) in [5, 5.41) is 4.15. The van der Waals surface area contributed by atoms with Gasteiger partial charge in [0.25, 0.3) is 0 Å². The predicted molar refractivity (Wildman–Crippen MR) is 82.2 cm³/mol. The van der Waals surface area contributed by atoms with E-state index in [1.165, 1.54) is 11.8 Å². The number of amides is 1. The van der Waals surface area contributed by atoms with Gasteiger partial charge in [-0.05, 0) is 30.7 Å². The number of carbonyl (C=O) groups is 1. The zero-order valence-electron chi connectivity index (χ0n) is 11.0. The molecular formula is C14H14ClN3OS. The van der Waals surface area contributed by atoms with Crippen LogP contribution in [-0.4, -0.2) is 21.6 Å². The Morgan fingerprint density at radius 1 is 1.35 bits per heavy atom. The Hall–Kier alpha value is -1.59. The van der Waals surface area contributed by atoms with Crippen molar-refractivity contribution in [1.29, 1.82) is 0 Å². The molecule has 4 nitrogen and oxygen atoms in total. The Kier molecular flexibility index (Phi) is 5.38. The zero-order valence-corrected chi connectivity index (χ0v) is 12.5. The molecule has 0 atom stereocenters. The van der Waals surface area contributed by atoms with Crippen molar-refractivity contribution >= 4 is 35.0 Å². The van der Waals surface area contributed by atoms with Crippen LogP contribution in [0.15, 0.2) is 41.8 Å². The van der Waals surface area contributed by atoms with Crippen LogP contribution in [0.2, 0.25) is 5.02 Å². The van der Waals surface area contributed by atoms with E-state index in [0.29, 0.717) is 22.4 Å². The third-order valence-electron chi connectivity index (χ3n) is 2.58. The fourth-order valence-corrected chi connectivity index (χ4v) is 2.45. The van der Waals surface area contributed by atoms with Gasteiger partial charge in [-0.3, -0.25) is 4.79 Å². The molecule has 0 unspecified atom stereocenters. The van der Waals surface area contributed by atoms with Crippen molar-refractivity contribution in [3.05, 3.63) is 47.2 Å². The van der Waals surface area contributed by atoms with Gasteiger partial charge in [-0.2, -0.15) is 0 Å². The molecule has 0 aliphatic rings. The fraction of sp³-hybridized carbons (Fsp3) is 0.214. The summed E-state index contributed by atoms with van der Waals surface area (Å²) >= 11 is 7.37. The first-order valence-corrected chi connectivity index (χ1v) is 7.47. The Morgan fingerprint density at radius 2 is 2.10 bits per heavy atom. The van der Waals surface area contributed by atoms with E-state index in [-0.39, 0.29) is 5.91 Å². The number of hydrogen-bond acceptors (Lipinski definition) is 4. The van der Waals surface area contributed by atoms with Crippen LogP contribution in [0, 0.1) is 6.92 Å². The van der Waals surface area contributed by atoms with Crippen molar-refractivity contribution in [2.75, 3.05) is 11.1 Å². The van der Waals surface area contributed by atoms with Crippen LogP contribution in [-0.2, 0) is 4.79 Å². The summed E-state index contributed by atoms with van der Waals surface area (Å²) in [5.74, 6) is 0.592. The Morgan fingerprint density at radius 3 is 2.85 bits per heavy atom. The van der Waals surface area contributed by atoms with Crippen molar-refractivity contribution in [3.63, 3.8) is 0 Å². The maximum absolute atomic E-state index is 11.9. The third-order valence-corrected chi connectivity index (χ3v) is 3.69. The monoisotopic (exact) mass is 307 g/mol. The van der Waals surface area contributed by atoms with Crippen LogP contribution < -0.4 is 5.32 Å². The van der Waals surface area contributed by atoms with E-state index in [0.717, 1.165) is 11.3 Å². The van der Waals surface area contributed by atoms with E-state index < -0.39 is 0 Å². The summed E-state index contributed by atoms with van der Waals surface area (Å²) < 4.78 is 0. The molecule has 20 heavy (non-hydrogen) atoms. The van der Waals surface area contributed by atoms with Gasteiger partial charge in [0.2, 0.25) is 5.91 Å². The largest absolute Gasteiger partial charge is 0.326 e. The van der Waals surface area contributed by atoms with Crippen LogP contribution in [0.3, 0.4) is 0 Å². The second-order valence-electron chi connectivity index (χ2n) is 4.14. The summed E-state index contributed by atoms with van der Waals surface area (Å²) in [6.45, 7) is 1.93. The van der Waals surface area contributed by atoms with Gasteiger partial charge in [0.1, 0.15) is 0 Å². The minimum Gasteiger partial charge on any atom is -0.326 e. The molecule has 0 saturated carbocycles. The van der Waals surface area contributed by atoms with Crippen molar-refractivity contribution in [3.8, 4) is 0 Å². The standard InChI is InChI=1S/C14H14ClN3OS/c1-10-3-4-11(15)9-12(10)18-13(19)5-8-20-14-16-6-2-7-17-14/h2-4,6-7,9H,5,8H2,1H3,(H,18,19). The number of aromatic nitrogens is 2. The second kappa shape index (κ2) is 7.26. The molecule has 1 heterocycles. The molecule has 0 spiro atoms. The molecule has 1 aromatic carbocycles. The first-order valence-electron chi connectivity index (χ1n) is 6.11. The molecule has 104 valence electrons. The molecule has 0 radical (unpaired) electrons. The maximum Gasteiger partial charge on any atom is 0.225 e. The third kappa shape index (κ3) is 4.51. The van der Waals surface area contributed by atoms with Crippen LogP contribution in [0.1, 0.15) is 12.0 Å². The molecule has 0 fully saturated rings. The number of hydrogen-bond donors (Lipinski definition) is 1. The quantitative estimate of drug-likeness (QED) is 0.678. The topological polar surface area (TPSA) is 54.9 Å². The van der Waals surface area contributed by atoms with Crippen LogP contribution in [0.5, 0.6) is 0 Å². The first kappa shape index (κ1) is 14.8. The average molecular weight is 308 g/mol. The molecule has 6 heteroatoms. The van der Waals surface area contributed by atoms with E-state index in [1.54, 1.807) is 30.6 Å². The van der Waals surface area contributed by atoms with Gasteiger partial charge in [-0.15, -0.1) is 0 Å². The number of rotatable bonds is 5. The Labute approximate surface area is 127 Å². The highest BCUT2D eigenvalue weighted by molar-refractivity contribution is 7.99. The van der Waals surface area contributed by atoms with Crippen LogP contribution in [0.25, 0.3) is 0 Å². The molecule has 1 amide bonds. The molecule has 2 aromatic rings. The lowest BCUT2D eigenvalue weighted by atomic mass is 10.2. The number of carbonyl (C=O) groups excluding carboxylic acids is 1. The lowest BCUT2D eigenvalue weighted by Crippen LogP contribution is -2.13. The molecule has 0 aliphatic carbocycles. The molecule has 1 N–H and O–H groups in total. The summed E-state index contributed by atoms with van der Waals surface area (Å²) in [7, 11) is 0. The van der Waals surface area contributed by atoms with Gasteiger partial charge in [-0.1, -0.05) is 29.4 Å². The average Bonchev–Trinajstić information content (AvgIpc) is 2.44.